The molecule has 0 radical (unpaired) electrons. The van der Waals surface area contributed by atoms with Crippen LogP contribution >= 0.6 is 11.6 Å². The van der Waals surface area contributed by atoms with Crippen LogP contribution in [0.2, 0.25) is 5.02 Å². The van der Waals surface area contributed by atoms with E-state index in [1.807, 2.05) is 30.3 Å². The summed E-state index contributed by atoms with van der Waals surface area (Å²) < 4.78 is 15.0. The van der Waals surface area contributed by atoms with Crippen LogP contribution in [0.3, 0.4) is 0 Å². The van der Waals surface area contributed by atoms with Crippen LogP contribution in [0, 0.1) is 11.7 Å². The van der Waals surface area contributed by atoms with Crippen LogP contribution in [0.15, 0.2) is 77.8 Å². The van der Waals surface area contributed by atoms with Crippen LogP contribution in [-0.2, 0) is 16.0 Å². The summed E-state index contributed by atoms with van der Waals surface area (Å²) in [4.78, 5) is 33.0. The quantitative estimate of drug-likeness (QED) is 0.412. The standard InChI is InChI=1S/C28H28ClFN4O3/c1-16(25(35)22(31)14-17-8-4-3-5-9-17)26(36)28(32)27(37)34(2)23-13-12-18(29)15-20(23)24(33-28)19-10-6-7-11-21(19)30/h3-13,15-16,22,25,35H,14,31-32H2,1-2H3/t16-,22+,25-,28?/m1/s1. The molecule has 5 N–H and O–H groups in total. The first-order valence-corrected chi connectivity index (χ1v) is 12.2. The van der Waals surface area contributed by atoms with E-state index < -0.39 is 41.2 Å². The SMILES string of the molecule is C[C@@H](C(=O)C1(N)N=C(c2ccccc2F)c2cc(Cl)ccc2N(C)C1=O)[C@@H](O)[C@@H](N)Cc1ccccc1. The van der Waals surface area contributed by atoms with Crippen LogP contribution in [0.25, 0.3) is 0 Å². The summed E-state index contributed by atoms with van der Waals surface area (Å²) in [5, 5.41) is 11.3. The van der Waals surface area contributed by atoms with Crippen LogP contribution in [-0.4, -0.2) is 47.4 Å². The minimum atomic E-state index is -2.45. The van der Waals surface area contributed by atoms with Gasteiger partial charge in [-0.25, -0.2) is 9.38 Å². The number of carbonyl (C=O) groups is 2. The maximum Gasteiger partial charge on any atom is 0.277 e. The van der Waals surface area contributed by atoms with Gasteiger partial charge in [-0.3, -0.25) is 15.3 Å². The van der Waals surface area contributed by atoms with Crippen molar-refractivity contribution in [2.24, 2.45) is 22.4 Å². The first-order chi connectivity index (χ1) is 17.5. The molecule has 1 amide bonds. The molecule has 4 rings (SSSR count). The van der Waals surface area contributed by atoms with Gasteiger partial charge in [0.1, 0.15) is 5.82 Å². The Morgan fingerprint density at radius 1 is 1.11 bits per heavy atom. The maximum absolute atomic E-state index is 15.0. The summed E-state index contributed by atoms with van der Waals surface area (Å²) in [6, 6.07) is 19.0. The van der Waals surface area contributed by atoms with Crippen LogP contribution in [0.5, 0.6) is 0 Å². The second-order valence-corrected chi connectivity index (χ2v) is 9.67. The monoisotopic (exact) mass is 522 g/mol. The Morgan fingerprint density at radius 2 is 1.76 bits per heavy atom. The highest BCUT2D eigenvalue weighted by molar-refractivity contribution is 6.32. The number of halogens is 2. The van der Waals surface area contributed by atoms with Crippen molar-refractivity contribution in [3.63, 3.8) is 0 Å². The number of anilines is 1. The molecule has 3 aromatic carbocycles. The molecule has 1 aliphatic rings. The van der Waals surface area contributed by atoms with E-state index in [0.29, 0.717) is 22.7 Å². The molecule has 0 bridgehead atoms. The molecule has 0 spiro atoms. The fourth-order valence-electron chi connectivity index (χ4n) is 4.54. The third-order valence-electron chi connectivity index (χ3n) is 6.68. The van der Waals surface area contributed by atoms with Crippen molar-refractivity contribution in [2.75, 3.05) is 11.9 Å². The molecule has 4 atom stereocenters. The van der Waals surface area contributed by atoms with E-state index in [9.17, 15) is 19.1 Å². The average molecular weight is 523 g/mol. The van der Waals surface area contributed by atoms with Crippen LogP contribution in [0.1, 0.15) is 23.6 Å². The van der Waals surface area contributed by atoms with Gasteiger partial charge in [-0.15, -0.1) is 0 Å². The summed E-state index contributed by atoms with van der Waals surface area (Å²) in [5.41, 5.74) is 11.9. The molecule has 1 unspecified atom stereocenters. The van der Waals surface area contributed by atoms with Crippen molar-refractivity contribution < 1.29 is 19.1 Å². The Bertz CT molecular complexity index is 1370. The summed E-state index contributed by atoms with van der Waals surface area (Å²) >= 11 is 6.24. The van der Waals surface area contributed by atoms with Gasteiger partial charge in [-0.05, 0) is 42.3 Å². The number of nitrogens with zero attached hydrogens (tertiary/aromatic N) is 2. The lowest BCUT2D eigenvalue weighted by atomic mass is 9.85. The van der Waals surface area contributed by atoms with Crippen molar-refractivity contribution in [1.29, 1.82) is 0 Å². The first-order valence-electron chi connectivity index (χ1n) is 11.8. The molecule has 3 aromatic rings. The lowest BCUT2D eigenvalue weighted by Gasteiger charge is -2.31. The lowest BCUT2D eigenvalue weighted by Crippen LogP contribution is -2.62. The third-order valence-corrected chi connectivity index (χ3v) is 6.91. The molecule has 9 heteroatoms. The number of nitrogens with two attached hydrogens (primary N) is 2. The van der Waals surface area contributed by atoms with Gasteiger partial charge in [-0.1, -0.05) is 61.0 Å². The number of aliphatic hydroxyl groups excluding tert-OH is 1. The van der Waals surface area contributed by atoms with E-state index in [0.717, 1.165) is 5.56 Å². The largest absolute Gasteiger partial charge is 0.391 e. The molecule has 0 aromatic heterocycles. The second-order valence-electron chi connectivity index (χ2n) is 9.23. The number of rotatable bonds is 7. The molecular formula is C28H28ClFN4O3. The third kappa shape index (κ3) is 5.06. The zero-order valence-electron chi connectivity index (χ0n) is 20.4. The molecule has 192 valence electrons. The van der Waals surface area contributed by atoms with Crippen molar-refractivity contribution in [3.8, 4) is 0 Å². The first kappa shape index (κ1) is 26.6. The molecular weight excluding hydrogens is 495 g/mol. The lowest BCUT2D eigenvalue weighted by molar-refractivity contribution is -0.138. The van der Waals surface area contributed by atoms with Gasteiger partial charge in [0.05, 0.1) is 17.5 Å². The number of benzene rings is 3. The molecule has 1 heterocycles. The number of carbonyl (C=O) groups excluding carboxylic acids is 2. The Labute approximate surface area is 219 Å². The molecule has 0 saturated heterocycles. The normalized spacial score (nSPS) is 19.9. The second kappa shape index (κ2) is 10.5. The number of aliphatic imine (C=N–C) groups is 1. The smallest absolute Gasteiger partial charge is 0.277 e. The summed E-state index contributed by atoms with van der Waals surface area (Å²) in [5.74, 6) is -3.44. The zero-order valence-corrected chi connectivity index (χ0v) is 21.2. The van der Waals surface area contributed by atoms with Gasteiger partial charge in [-0.2, -0.15) is 0 Å². The number of likely N-dealkylation sites (N-methyl/N-ethyl adjacent to an activating group) is 1. The van der Waals surface area contributed by atoms with Gasteiger partial charge in [0, 0.05) is 35.2 Å². The average Bonchev–Trinajstić information content (AvgIpc) is 2.97. The van der Waals surface area contributed by atoms with Gasteiger partial charge in [0.15, 0.2) is 5.78 Å². The molecule has 37 heavy (non-hydrogen) atoms. The zero-order chi connectivity index (χ0) is 26.9. The highest BCUT2D eigenvalue weighted by Gasteiger charge is 2.50. The molecule has 0 saturated carbocycles. The van der Waals surface area contributed by atoms with Gasteiger partial charge >= 0.3 is 0 Å². The van der Waals surface area contributed by atoms with Crippen molar-refractivity contribution >= 4 is 34.7 Å². The van der Waals surface area contributed by atoms with E-state index in [4.69, 9.17) is 23.1 Å². The van der Waals surface area contributed by atoms with Crippen molar-refractivity contribution in [3.05, 3.63) is 100 Å². The number of ketones is 1. The van der Waals surface area contributed by atoms with E-state index >= 15 is 0 Å². The fourth-order valence-corrected chi connectivity index (χ4v) is 4.71. The number of fused-ring (bicyclic) bond motifs is 1. The van der Waals surface area contributed by atoms with Gasteiger partial charge in [0.2, 0.25) is 5.66 Å². The highest BCUT2D eigenvalue weighted by atomic mass is 35.5. The van der Waals surface area contributed by atoms with E-state index in [-0.39, 0.29) is 11.3 Å². The summed E-state index contributed by atoms with van der Waals surface area (Å²) in [6.07, 6.45) is -1.02. The number of aliphatic hydroxyl groups is 1. The Kier molecular flexibility index (Phi) is 7.57. The minimum Gasteiger partial charge on any atom is -0.391 e. The molecule has 0 fully saturated rings. The molecule has 7 nitrogen and oxygen atoms in total. The summed E-state index contributed by atoms with van der Waals surface area (Å²) in [6.45, 7) is 1.45. The van der Waals surface area contributed by atoms with Gasteiger partial charge < -0.3 is 15.7 Å². The Hall–Kier alpha value is -3.43. The van der Waals surface area contributed by atoms with Crippen molar-refractivity contribution in [1.82, 2.24) is 0 Å². The Balaban J connectivity index is 1.78. The van der Waals surface area contributed by atoms with Crippen LogP contribution in [0.4, 0.5) is 10.1 Å². The van der Waals surface area contributed by atoms with Gasteiger partial charge in [0.25, 0.3) is 5.91 Å². The number of Topliss-reactive ketones (excluding diaryl/α,β-unsaturated/α-hetero) is 1. The maximum atomic E-state index is 15.0. The number of hydrogen-bond donors (Lipinski definition) is 3. The Morgan fingerprint density at radius 3 is 2.43 bits per heavy atom. The number of benzodiazepines with no additional fused rings is 1. The number of hydrogen-bond acceptors (Lipinski definition) is 6. The van der Waals surface area contributed by atoms with E-state index in [1.165, 1.54) is 43.1 Å². The fraction of sp³-hybridized carbons (Fsp3) is 0.250. The minimum absolute atomic E-state index is 0.000533. The van der Waals surface area contributed by atoms with E-state index in [1.54, 1.807) is 18.2 Å². The predicted octanol–water partition coefficient (Wildman–Crippen LogP) is 3.08. The molecule has 1 aliphatic heterocycles. The van der Waals surface area contributed by atoms with Crippen molar-refractivity contribution in [2.45, 2.75) is 31.2 Å². The molecule has 0 aliphatic carbocycles. The summed E-state index contributed by atoms with van der Waals surface area (Å²) in [7, 11) is 1.45. The predicted molar refractivity (Wildman–Crippen MR) is 142 cm³/mol. The topological polar surface area (TPSA) is 122 Å². The van der Waals surface area contributed by atoms with E-state index in [2.05, 4.69) is 4.99 Å². The highest BCUT2D eigenvalue weighted by Crippen LogP contribution is 2.34. The van der Waals surface area contributed by atoms with Crippen LogP contribution < -0.4 is 16.4 Å². The number of amides is 1.